The maximum Gasteiger partial charge on any atom is 0.327 e. The van der Waals surface area contributed by atoms with Gasteiger partial charge in [0.15, 0.2) is 5.39 Å². The predicted octanol–water partition coefficient (Wildman–Crippen LogP) is 5.19. The SMILES string of the molecule is Cc1[nH+]c2c(c(=O)n1-c1ccccc1)c1nc3ccccc3nc1n2/N=C/c1ccc(C(C)(C)C)cc1. The Hall–Kier alpha value is -4.65. The third kappa shape index (κ3) is 3.89. The Labute approximate surface area is 213 Å². The topological polar surface area (TPSA) is 79.2 Å². The van der Waals surface area contributed by atoms with E-state index in [0.717, 1.165) is 22.3 Å². The molecule has 37 heavy (non-hydrogen) atoms. The highest BCUT2D eigenvalue weighted by Gasteiger charge is 2.26. The zero-order chi connectivity index (χ0) is 25.7. The number of hydrogen-bond donors (Lipinski definition) is 0. The second-order valence-electron chi connectivity index (χ2n) is 10.2. The normalized spacial score (nSPS) is 12.3. The van der Waals surface area contributed by atoms with Gasteiger partial charge in [-0.2, -0.15) is 4.57 Å². The van der Waals surface area contributed by atoms with Crippen LogP contribution in [0, 0.1) is 6.92 Å². The summed E-state index contributed by atoms with van der Waals surface area (Å²) in [7, 11) is 0. The number of fused-ring (bicyclic) bond motifs is 4. The van der Waals surface area contributed by atoms with E-state index in [0.29, 0.717) is 28.0 Å². The molecule has 0 fully saturated rings. The molecule has 6 aromatic rings. The van der Waals surface area contributed by atoms with Gasteiger partial charge < -0.3 is 0 Å². The van der Waals surface area contributed by atoms with Crippen LogP contribution in [0.5, 0.6) is 0 Å². The molecule has 182 valence electrons. The maximum absolute atomic E-state index is 13.9. The molecule has 0 unspecified atom stereocenters. The number of rotatable bonds is 3. The fraction of sp³-hybridized carbons (Fsp3) is 0.167. The molecule has 3 aromatic heterocycles. The molecule has 0 aliphatic carbocycles. The summed E-state index contributed by atoms with van der Waals surface area (Å²) in [5.74, 6) is 0.682. The first-order valence-electron chi connectivity index (χ1n) is 12.3. The molecule has 0 bridgehead atoms. The molecule has 0 amide bonds. The largest absolute Gasteiger partial charge is 0.327 e. The highest BCUT2D eigenvalue weighted by Crippen LogP contribution is 2.25. The molecule has 1 N–H and O–H groups in total. The lowest BCUT2D eigenvalue weighted by molar-refractivity contribution is -0.366. The zero-order valence-electron chi connectivity index (χ0n) is 21.2. The number of aromatic amines is 1. The first-order valence-corrected chi connectivity index (χ1v) is 12.3. The maximum atomic E-state index is 13.9. The number of nitrogens with one attached hydrogen (secondary N) is 1. The minimum Gasteiger partial charge on any atom is -0.249 e. The van der Waals surface area contributed by atoms with E-state index in [2.05, 4.69) is 50.0 Å². The lowest BCUT2D eigenvalue weighted by atomic mass is 9.87. The van der Waals surface area contributed by atoms with Crippen molar-refractivity contribution in [3.8, 4) is 5.69 Å². The molecular weight excluding hydrogens is 460 g/mol. The van der Waals surface area contributed by atoms with Crippen LogP contribution in [0.4, 0.5) is 0 Å². The second-order valence-corrected chi connectivity index (χ2v) is 10.2. The highest BCUT2D eigenvalue weighted by molar-refractivity contribution is 6.04. The standard InChI is InChI=1S/C30H26N6O/c1-19-32-27-25(29(37)35(19)22-10-6-5-7-11-22)26-28(34-24-13-9-8-12-23(24)33-26)36(27)31-18-20-14-16-21(17-15-20)30(2,3)4/h5-18H,1-4H3/p+1/b31-18+. The summed E-state index contributed by atoms with van der Waals surface area (Å²) < 4.78 is 3.35. The van der Waals surface area contributed by atoms with Gasteiger partial charge in [-0.05, 0) is 40.8 Å². The van der Waals surface area contributed by atoms with Gasteiger partial charge in [0.05, 0.1) is 17.2 Å². The van der Waals surface area contributed by atoms with E-state index < -0.39 is 0 Å². The molecule has 3 aromatic carbocycles. The van der Waals surface area contributed by atoms with E-state index in [4.69, 9.17) is 15.1 Å². The van der Waals surface area contributed by atoms with E-state index >= 15 is 0 Å². The monoisotopic (exact) mass is 487 g/mol. The van der Waals surface area contributed by atoms with Gasteiger partial charge in [0.25, 0.3) is 5.65 Å². The lowest BCUT2D eigenvalue weighted by Gasteiger charge is -2.18. The zero-order valence-corrected chi connectivity index (χ0v) is 21.2. The minimum absolute atomic E-state index is 0.0737. The Morgan fingerprint density at radius 2 is 1.51 bits per heavy atom. The van der Waals surface area contributed by atoms with Crippen LogP contribution in [0.25, 0.3) is 38.9 Å². The molecular formula is C30H27N6O+. The number of aryl methyl sites for hydroxylation is 1. The Morgan fingerprint density at radius 3 is 2.19 bits per heavy atom. The van der Waals surface area contributed by atoms with Gasteiger partial charge in [-0.3, -0.25) is 0 Å². The van der Waals surface area contributed by atoms with Crippen LogP contribution < -0.4 is 10.5 Å². The van der Waals surface area contributed by atoms with Gasteiger partial charge in [0.1, 0.15) is 11.2 Å². The number of hydrogen-bond acceptors (Lipinski definition) is 4. The minimum atomic E-state index is -0.171. The Kier molecular flexibility index (Phi) is 5.22. The lowest BCUT2D eigenvalue weighted by Crippen LogP contribution is -2.30. The number of H-pyrrole nitrogens is 1. The summed E-state index contributed by atoms with van der Waals surface area (Å²) in [5.41, 5.74) is 5.94. The third-order valence-electron chi connectivity index (χ3n) is 6.60. The molecule has 6 rings (SSSR count). The van der Waals surface area contributed by atoms with Gasteiger partial charge in [-0.15, -0.1) is 9.78 Å². The summed E-state index contributed by atoms with van der Waals surface area (Å²) in [4.78, 5) is 27.1. The highest BCUT2D eigenvalue weighted by atomic mass is 16.1. The van der Waals surface area contributed by atoms with E-state index in [1.165, 1.54) is 5.56 Å². The van der Waals surface area contributed by atoms with Crippen LogP contribution in [0.15, 0.2) is 88.8 Å². The van der Waals surface area contributed by atoms with Gasteiger partial charge in [-0.1, -0.05) is 75.4 Å². The van der Waals surface area contributed by atoms with E-state index in [9.17, 15) is 4.79 Å². The van der Waals surface area contributed by atoms with Crippen LogP contribution in [0.1, 0.15) is 37.7 Å². The summed E-state index contributed by atoms with van der Waals surface area (Å²) in [6.07, 6.45) is 1.79. The van der Waals surface area contributed by atoms with Crippen LogP contribution in [0.2, 0.25) is 0 Å². The molecule has 0 aliphatic heterocycles. The molecule has 0 radical (unpaired) electrons. The Bertz CT molecular complexity index is 1870. The summed E-state index contributed by atoms with van der Waals surface area (Å²) >= 11 is 0. The van der Waals surface area contributed by atoms with Crippen LogP contribution >= 0.6 is 0 Å². The smallest absolute Gasteiger partial charge is 0.249 e. The average Bonchev–Trinajstić information content (AvgIpc) is 3.18. The summed E-state index contributed by atoms with van der Waals surface area (Å²) in [6, 6.07) is 25.6. The number of para-hydroxylation sites is 3. The van der Waals surface area contributed by atoms with Crippen molar-refractivity contribution in [2.24, 2.45) is 5.10 Å². The fourth-order valence-corrected chi connectivity index (χ4v) is 4.63. The first kappa shape index (κ1) is 22.8. The van der Waals surface area contributed by atoms with Crippen molar-refractivity contribution in [2.45, 2.75) is 33.1 Å². The van der Waals surface area contributed by atoms with Crippen molar-refractivity contribution < 1.29 is 4.98 Å². The first-order chi connectivity index (χ1) is 17.8. The van der Waals surface area contributed by atoms with Crippen molar-refractivity contribution in [3.63, 3.8) is 0 Å². The molecule has 7 nitrogen and oxygen atoms in total. The van der Waals surface area contributed by atoms with Crippen LogP contribution in [0.3, 0.4) is 0 Å². The Morgan fingerprint density at radius 1 is 0.865 bits per heavy atom. The number of aromatic nitrogens is 5. The van der Waals surface area contributed by atoms with Gasteiger partial charge >= 0.3 is 5.56 Å². The molecule has 3 heterocycles. The van der Waals surface area contributed by atoms with Gasteiger partial charge in [0, 0.05) is 6.92 Å². The van der Waals surface area contributed by atoms with Crippen molar-refractivity contribution in [3.05, 3.63) is 106 Å². The Balaban J connectivity index is 1.62. The van der Waals surface area contributed by atoms with Crippen molar-refractivity contribution >= 4 is 39.4 Å². The second kappa shape index (κ2) is 8.48. The summed E-state index contributed by atoms with van der Waals surface area (Å²) in [5, 5.41) is 5.23. The number of nitrogens with zero attached hydrogens (tertiary/aromatic N) is 5. The molecule has 0 saturated carbocycles. The van der Waals surface area contributed by atoms with Crippen LogP contribution in [-0.2, 0) is 5.41 Å². The molecule has 0 aliphatic rings. The van der Waals surface area contributed by atoms with Crippen LogP contribution in [-0.4, -0.2) is 25.4 Å². The predicted molar refractivity (Wildman–Crippen MR) is 148 cm³/mol. The van der Waals surface area contributed by atoms with Crippen molar-refractivity contribution in [1.29, 1.82) is 0 Å². The van der Waals surface area contributed by atoms with Gasteiger partial charge in [-0.25, -0.2) is 19.7 Å². The van der Waals surface area contributed by atoms with Crippen molar-refractivity contribution in [1.82, 2.24) is 19.2 Å². The van der Waals surface area contributed by atoms with Crippen molar-refractivity contribution in [2.75, 3.05) is 0 Å². The average molecular weight is 488 g/mol. The molecule has 0 atom stereocenters. The fourth-order valence-electron chi connectivity index (χ4n) is 4.63. The third-order valence-corrected chi connectivity index (χ3v) is 6.60. The van der Waals surface area contributed by atoms with E-state index in [1.807, 2.05) is 61.5 Å². The molecule has 7 heteroatoms. The number of benzene rings is 3. The molecule has 0 saturated heterocycles. The van der Waals surface area contributed by atoms with E-state index in [1.54, 1.807) is 15.5 Å². The quantitative estimate of drug-likeness (QED) is 0.322. The summed E-state index contributed by atoms with van der Waals surface area (Å²) in [6.45, 7) is 8.45. The van der Waals surface area contributed by atoms with Gasteiger partial charge in [0.2, 0.25) is 11.5 Å². The van der Waals surface area contributed by atoms with E-state index in [-0.39, 0.29) is 11.0 Å². The molecule has 0 spiro atoms.